The quantitative estimate of drug-likeness (QED) is 0.482. The number of carbonyl (C=O) groups excluding carboxylic acids is 2. The lowest BCUT2D eigenvalue weighted by Crippen LogP contribution is -2.24. The van der Waals surface area contributed by atoms with Gasteiger partial charge in [0.15, 0.2) is 0 Å². The lowest BCUT2D eigenvalue weighted by Gasteiger charge is -2.18. The Bertz CT molecular complexity index is 1180. The van der Waals surface area contributed by atoms with Gasteiger partial charge in [0.1, 0.15) is 12.1 Å². The van der Waals surface area contributed by atoms with Gasteiger partial charge < -0.3 is 21.1 Å². The highest BCUT2D eigenvalue weighted by Crippen LogP contribution is 2.27. The normalized spacial score (nSPS) is 16.5. The van der Waals surface area contributed by atoms with Crippen molar-refractivity contribution < 1.29 is 19.5 Å². The van der Waals surface area contributed by atoms with E-state index in [1.807, 2.05) is 25.1 Å². The zero-order valence-electron chi connectivity index (χ0n) is 16.8. The predicted octanol–water partition coefficient (Wildman–Crippen LogP) is 2.58. The average Bonchev–Trinajstić information content (AvgIpc) is 3.20. The molecule has 158 valence electrons. The molecular formula is C22H21N5O4. The minimum absolute atomic E-state index is 0.111. The number of aromatic carboxylic acids is 1. The Labute approximate surface area is 177 Å². The SMILES string of the molecule is CC(Nc1ncnc2c(C(=O)O)cccc12)c1cccc(NC(=O)C2CNC(=O)C2)c1. The van der Waals surface area contributed by atoms with Crippen molar-refractivity contribution in [2.45, 2.75) is 19.4 Å². The largest absolute Gasteiger partial charge is 0.478 e. The number of para-hydroxylation sites is 1. The van der Waals surface area contributed by atoms with E-state index in [1.54, 1.807) is 18.2 Å². The van der Waals surface area contributed by atoms with Crippen LogP contribution in [0.4, 0.5) is 11.5 Å². The lowest BCUT2D eigenvalue weighted by atomic mass is 10.1. The van der Waals surface area contributed by atoms with E-state index >= 15 is 0 Å². The molecule has 0 bridgehead atoms. The third-order valence-electron chi connectivity index (χ3n) is 5.25. The molecule has 1 aliphatic heterocycles. The molecule has 2 aromatic carbocycles. The summed E-state index contributed by atoms with van der Waals surface area (Å²) in [5, 5.41) is 18.8. The summed E-state index contributed by atoms with van der Waals surface area (Å²) < 4.78 is 0. The summed E-state index contributed by atoms with van der Waals surface area (Å²) in [6.07, 6.45) is 1.53. The summed E-state index contributed by atoms with van der Waals surface area (Å²) in [6, 6.07) is 12.1. The first-order valence-corrected chi connectivity index (χ1v) is 9.83. The molecule has 1 aromatic heterocycles. The minimum atomic E-state index is -1.05. The number of fused-ring (bicyclic) bond motifs is 1. The second kappa shape index (κ2) is 8.39. The van der Waals surface area contributed by atoms with Gasteiger partial charge in [-0.05, 0) is 36.8 Å². The molecule has 1 fully saturated rings. The van der Waals surface area contributed by atoms with E-state index < -0.39 is 5.97 Å². The molecule has 2 amide bonds. The van der Waals surface area contributed by atoms with Crippen molar-refractivity contribution in [3.05, 3.63) is 59.9 Å². The second-order valence-electron chi connectivity index (χ2n) is 7.42. The zero-order chi connectivity index (χ0) is 22.0. The van der Waals surface area contributed by atoms with Gasteiger partial charge in [-0.25, -0.2) is 14.8 Å². The van der Waals surface area contributed by atoms with Crippen molar-refractivity contribution in [1.82, 2.24) is 15.3 Å². The van der Waals surface area contributed by atoms with Crippen LogP contribution in [0.15, 0.2) is 48.8 Å². The number of nitrogens with zero attached hydrogens (tertiary/aromatic N) is 2. The first-order valence-electron chi connectivity index (χ1n) is 9.83. The number of carboxylic acid groups (broad SMARTS) is 1. The summed E-state index contributed by atoms with van der Waals surface area (Å²) in [7, 11) is 0. The van der Waals surface area contributed by atoms with Gasteiger partial charge in [-0.1, -0.05) is 18.2 Å². The van der Waals surface area contributed by atoms with E-state index in [0.29, 0.717) is 29.0 Å². The van der Waals surface area contributed by atoms with Crippen LogP contribution >= 0.6 is 0 Å². The number of rotatable bonds is 6. The molecule has 4 N–H and O–H groups in total. The Kier molecular flexibility index (Phi) is 5.48. The number of aromatic nitrogens is 2. The van der Waals surface area contributed by atoms with E-state index in [9.17, 15) is 19.5 Å². The molecule has 0 saturated carbocycles. The first kappa shape index (κ1) is 20.3. The highest BCUT2D eigenvalue weighted by molar-refractivity contribution is 6.04. The molecule has 9 heteroatoms. The maximum absolute atomic E-state index is 12.4. The smallest absolute Gasteiger partial charge is 0.337 e. The lowest BCUT2D eigenvalue weighted by molar-refractivity contribution is -0.123. The van der Waals surface area contributed by atoms with Gasteiger partial charge in [0, 0.05) is 24.0 Å². The molecule has 4 rings (SSSR count). The fraction of sp³-hybridized carbons (Fsp3) is 0.227. The summed E-state index contributed by atoms with van der Waals surface area (Å²) in [4.78, 5) is 43.6. The van der Waals surface area contributed by atoms with E-state index in [0.717, 1.165) is 5.56 Å². The number of hydrogen-bond acceptors (Lipinski definition) is 6. The number of carboxylic acids is 1. The van der Waals surface area contributed by atoms with Crippen LogP contribution in [0.1, 0.15) is 35.3 Å². The van der Waals surface area contributed by atoms with Crippen LogP contribution in [-0.2, 0) is 9.59 Å². The molecule has 0 spiro atoms. The van der Waals surface area contributed by atoms with Crippen LogP contribution in [-0.4, -0.2) is 39.4 Å². The monoisotopic (exact) mass is 419 g/mol. The minimum Gasteiger partial charge on any atom is -0.478 e. The van der Waals surface area contributed by atoms with Crippen LogP contribution in [0, 0.1) is 5.92 Å². The molecule has 1 aliphatic rings. The van der Waals surface area contributed by atoms with Crippen LogP contribution in [0.3, 0.4) is 0 Å². The summed E-state index contributed by atoms with van der Waals surface area (Å²) in [5.74, 6) is -1.21. The number of carbonyl (C=O) groups is 3. The van der Waals surface area contributed by atoms with Crippen molar-refractivity contribution in [1.29, 1.82) is 0 Å². The zero-order valence-corrected chi connectivity index (χ0v) is 16.8. The second-order valence-corrected chi connectivity index (χ2v) is 7.42. The standard InChI is InChI=1S/C22H21N5O4/c1-12(26-20-16-6-3-7-17(22(30)31)19(16)24-11-25-20)13-4-2-5-15(8-13)27-21(29)14-9-18(28)23-10-14/h2-8,11-12,14H,9-10H2,1H3,(H,23,28)(H,27,29)(H,30,31)(H,24,25,26). The summed E-state index contributed by atoms with van der Waals surface area (Å²) in [6.45, 7) is 2.29. The van der Waals surface area contributed by atoms with Crippen molar-refractivity contribution in [2.75, 3.05) is 17.2 Å². The third kappa shape index (κ3) is 4.30. The van der Waals surface area contributed by atoms with Crippen LogP contribution < -0.4 is 16.0 Å². The van der Waals surface area contributed by atoms with Gasteiger partial charge in [-0.3, -0.25) is 9.59 Å². The Morgan fingerprint density at radius 2 is 2.00 bits per heavy atom. The van der Waals surface area contributed by atoms with Gasteiger partial charge in [0.05, 0.1) is 23.0 Å². The van der Waals surface area contributed by atoms with E-state index in [1.165, 1.54) is 12.4 Å². The van der Waals surface area contributed by atoms with Crippen molar-refractivity contribution in [3.63, 3.8) is 0 Å². The van der Waals surface area contributed by atoms with E-state index in [2.05, 4.69) is 25.9 Å². The molecule has 0 radical (unpaired) electrons. The van der Waals surface area contributed by atoms with E-state index in [-0.39, 0.29) is 35.8 Å². The maximum atomic E-state index is 12.4. The Morgan fingerprint density at radius 1 is 1.19 bits per heavy atom. The summed E-state index contributed by atoms with van der Waals surface area (Å²) in [5.41, 5.74) is 2.01. The number of nitrogens with one attached hydrogen (secondary N) is 3. The fourth-order valence-corrected chi connectivity index (χ4v) is 3.58. The van der Waals surface area contributed by atoms with Gasteiger partial charge in [0.25, 0.3) is 0 Å². The molecule has 3 aromatic rings. The van der Waals surface area contributed by atoms with Gasteiger partial charge in [-0.15, -0.1) is 0 Å². The van der Waals surface area contributed by atoms with Gasteiger partial charge in [0.2, 0.25) is 11.8 Å². The topological polar surface area (TPSA) is 133 Å². The Balaban J connectivity index is 1.53. The maximum Gasteiger partial charge on any atom is 0.337 e. The molecular weight excluding hydrogens is 398 g/mol. The molecule has 2 unspecified atom stereocenters. The fourth-order valence-electron chi connectivity index (χ4n) is 3.58. The molecule has 31 heavy (non-hydrogen) atoms. The molecule has 2 atom stereocenters. The predicted molar refractivity (Wildman–Crippen MR) is 115 cm³/mol. The van der Waals surface area contributed by atoms with Crippen LogP contribution in [0.25, 0.3) is 10.9 Å². The molecule has 9 nitrogen and oxygen atoms in total. The van der Waals surface area contributed by atoms with Gasteiger partial charge in [-0.2, -0.15) is 0 Å². The molecule has 0 aliphatic carbocycles. The van der Waals surface area contributed by atoms with Crippen molar-refractivity contribution in [3.8, 4) is 0 Å². The third-order valence-corrected chi connectivity index (χ3v) is 5.25. The molecule has 2 heterocycles. The van der Waals surface area contributed by atoms with Gasteiger partial charge >= 0.3 is 5.97 Å². The molecule has 1 saturated heterocycles. The highest BCUT2D eigenvalue weighted by atomic mass is 16.4. The Hall–Kier alpha value is -4.01. The van der Waals surface area contributed by atoms with E-state index in [4.69, 9.17) is 0 Å². The number of hydrogen-bond donors (Lipinski definition) is 4. The van der Waals surface area contributed by atoms with Crippen LogP contribution in [0.5, 0.6) is 0 Å². The van der Waals surface area contributed by atoms with Crippen molar-refractivity contribution >= 4 is 40.2 Å². The number of benzene rings is 2. The van der Waals surface area contributed by atoms with Crippen LogP contribution in [0.2, 0.25) is 0 Å². The highest BCUT2D eigenvalue weighted by Gasteiger charge is 2.28. The summed E-state index contributed by atoms with van der Waals surface area (Å²) >= 11 is 0. The first-order chi connectivity index (χ1) is 14.9. The van der Waals surface area contributed by atoms with Crippen molar-refractivity contribution in [2.24, 2.45) is 5.92 Å². The number of anilines is 2. The Morgan fingerprint density at radius 3 is 2.74 bits per heavy atom. The average molecular weight is 419 g/mol. The number of amides is 2.